The average Bonchev–Trinajstić information content (AvgIpc) is 3.26. The molecule has 2 aromatic heterocycles. The molecule has 23 heavy (non-hydrogen) atoms. The van der Waals surface area contributed by atoms with Gasteiger partial charge >= 0.3 is 5.97 Å². The highest BCUT2D eigenvalue weighted by Gasteiger charge is 2.45. The first-order chi connectivity index (χ1) is 11.2. The molecule has 3 heterocycles. The van der Waals surface area contributed by atoms with E-state index in [1.54, 1.807) is 12.3 Å². The first-order valence-electron chi connectivity index (χ1n) is 8.20. The number of furan rings is 1. The molecule has 1 aliphatic carbocycles. The Morgan fingerprint density at radius 3 is 3.00 bits per heavy atom. The summed E-state index contributed by atoms with van der Waals surface area (Å²) in [5.41, 5.74) is 0.758. The van der Waals surface area contributed by atoms with E-state index in [0.717, 1.165) is 25.0 Å². The van der Waals surface area contributed by atoms with E-state index in [0.29, 0.717) is 30.0 Å². The summed E-state index contributed by atoms with van der Waals surface area (Å²) in [6, 6.07) is 5.40. The lowest BCUT2D eigenvalue weighted by atomic mass is 9.85. The van der Waals surface area contributed by atoms with Crippen molar-refractivity contribution in [2.45, 2.75) is 50.7 Å². The van der Waals surface area contributed by atoms with Crippen LogP contribution in [0.4, 0.5) is 0 Å². The minimum absolute atomic E-state index is 0.355. The highest BCUT2D eigenvalue weighted by molar-refractivity contribution is 5.74. The van der Waals surface area contributed by atoms with Crippen LogP contribution in [0.2, 0.25) is 0 Å². The van der Waals surface area contributed by atoms with Crippen molar-refractivity contribution in [1.29, 1.82) is 0 Å². The summed E-state index contributed by atoms with van der Waals surface area (Å²) in [6.07, 6.45) is 6.96. The van der Waals surface area contributed by atoms with Crippen LogP contribution >= 0.6 is 0 Å². The van der Waals surface area contributed by atoms with Gasteiger partial charge in [-0.2, -0.15) is 0 Å². The van der Waals surface area contributed by atoms with Gasteiger partial charge < -0.3 is 14.0 Å². The molecule has 6 heteroatoms. The first-order valence-corrected chi connectivity index (χ1v) is 8.20. The highest BCUT2D eigenvalue weighted by Crippen LogP contribution is 2.40. The Bertz CT molecular complexity index is 679. The van der Waals surface area contributed by atoms with E-state index in [-0.39, 0.29) is 0 Å². The quantitative estimate of drug-likeness (QED) is 0.933. The molecule has 3 unspecified atom stereocenters. The van der Waals surface area contributed by atoms with Gasteiger partial charge in [-0.25, -0.2) is 0 Å². The zero-order valence-electron chi connectivity index (χ0n) is 12.9. The number of hydrogen-bond donors (Lipinski definition) is 1. The number of carbonyl (C=O) groups is 1. The predicted molar refractivity (Wildman–Crippen MR) is 81.5 cm³/mol. The summed E-state index contributed by atoms with van der Waals surface area (Å²) in [6.45, 7) is 0.516. The number of carboxylic acid groups (broad SMARTS) is 1. The van der Waals surface area contributed by atoms with E-state index in [9.17, 15) is 9.90 Å². The number of nitrogens with zero attached hydrogens (tertiary/aromatic N) is 2. The molecule has 0 aromatic carbocycles. The standard InChI is InChI=1S/C17H20N2O4/c20-17(21)14-8-11-4-1-2-5-13(11)19(14)10-12-9-16(23-18-12)15-6-3-7-22-15/h3,6-7,9,11,13-14H,1-2,4-5,8,10H2,(H,20,21). The van der Waals surface area contributed by atoms with Crippen molar-refractivity contribution in [3.05, 3.63) is 30.2 Å². The van der Waals surface area contributed by atoms with Gasteiger partial charge in [0.25, 0.3) is 0 Å². The molecule has 0 amide bonds. The smallest absolute Gasteiger partial charge is 0.320 e. The molecular formula is C17H20N2O4. The Kier molecular flexibility index (Phi) is 3.69. The first kappa shape index (κ1) is 14.5. The molecule has 2 aromatic rings. The predicted octanol–water partition coefficient (Wildman–Crippen LogP) is 3.15. The van der Waals surface area contributed by atoms with Crippen LogP contribution in [0.25, 0.3) is 11.5 Å². The fourth-order valence-corrected chi connectivity index (χ4v) is 4.13. The highest BCUT2D eigenvalue weighted by atomic mass is 16.5. The van der Waals surface area contributed by atoms with Crippen LogP contribution in [-0.2, 0) is 11.3 Å². The minimum Gasteiger partial charge on any atom is -0.480 e. The molecule has 2 fully saturated rings. The minimum atomic E-state index is -0.728. The van der Waals surface area contributed by atoms with Crippen molar-refractivity contribution in [3.8, 4) is 11.5 Å². The summed E-state index contributed by atoms with van der Waals surface area (Å²) in [4.78, 5) is 13.7. The third-order valence-corrected chi connectivity index (χ3v) is 5.17. The van der Waals surface area contributed by atoms with Crippen molar-refractivity contribution >= 4 is 5.97 Å². The lowest BCUT2D eigenvalue weighted by Crippen LogP contribution is -2.41. The molecule has 1 N–H and O–H groups in total. The number of fused-ring (bicyclic) bond motifs is 1. The zero-order chi connectivity index (χ0) is 15.8. The van der Waals surface area contributed by atoms with E-state index in [2.05, 4.69) is 10.1 Å². The maximum absolute atomic E-state index is 11.6. The number of carboxylic acids is 1. The topological polar surface area (TPSA) is 79.7 Å². The molecule has 1 aliphatic heterocycles. The van der Waals surface area contributed by atoms with Crippen LogP contribution in [0.15, 0.2) is 33.4 Å². The zero-order valence-corrected chi connectivity index (χ0v) is 12.9. The molecule has 2 aliphatic rings. The van der Waals surface area contributed by atoms with Crippen molar-refractivity contribution in [3.63, 3.8) is 0 Å². The lowest BCUT2D eigenvalue weighted by molar-refractivity contribution is -0.142. The SMILES string of the molecule is O=C(O)C1CC2CCCCC2N1Cc1cc(-c2ccco2)on1. The van der Waals surface area contributed by atoms with Gasteiger partial charge in [-0.1, -0.05) is 18.0 Å². The second-order valence-corrected chi connectivity index (χ2v) is 6.53. The van der Waals surface area contributed by atoms with E-state index >= 15 is 0 Å². The molecule has 4 rings (SSSR count). The Labute approximate surface area is 134 Å². The maximum atomic E-state index is 11.6. The van der Waals surface area contributed by atoms with Gasteiger partial charge in [-0.15, -0.1) is 0 Å². The number of aliphatic carboxylic acids is 1. The molecule has 1 saturated carbocycles. The van der Waals surface area contributed by atoms with Gasteiger partial charge in [-0.05, 0) is 37.3 Å². The molecule has 3 atom stereocenters. The van der Waals surface area contributed by atoms with Gasteiger partial charge in [0, 0.05) is 18.7 Å². The molecule has 6 nitrogen and oxygen atoms in total. The van der Waals surface area contributed by atoms with Gasteiger partial charge in [-0.3, -0.25) is 9.69 Å². The van der Waals surface area contributed by atoms with Crippen LogP contribution in [0.3, 0.4) is 0 Å². The van der Waals surface area contributed by atoms with Crippen LogP contribution in [0, 0.1) is 5.92 Å². The summed E-state index contributed by atoms with van der Waals surface area (Å²) < 4.78 is 10.6. The Morgan fingerprint density at radius 1 is 1.35 bits per heavy atom. The van der Waals surface area contributed by atoms with Gasteiger partial charge in [0.15, 0.2) is 5.76 Å². The third kappa shape index (κ3) is 2.67. The van der Waals surface area contributed by atoms with Gasteiger partial charge in [0.05, 0.1) is 12.0 Å². The largest absolute Gasteiger partial charge is 0.480 e. The number of likely N-dealkylation sites (tertiary alicyclic amines) is 1. The summed E-state index contributed by atoms with van der Waals surface area (Å²) in [5, 5.41) is 13.7. The second kappa shape index (κ2) is 5.85. The monoisotopic (exact) mass is 316 g/mol. The number of hydrogen-bond acceptors (Lipinski definition) is 5. The fraction of sp³-hybridized carbons (Fsp3) is 0.529. The molecule has 122 valence electrons. The van der Waals surface area contributed by atoms with Gasteiger partial charge in [0.1, 0.15) is 6.04 Å². The Balaban J connectivity index is 1.55. The van der Waals surface area contributed by atoms with Gasteiger partial charge in [0.2, 0.25) is 5.76 Å². The van der Waals surface area contributed by atoms with Crippen molar-refractivity contribution in [2.24, 2.45) is 5.92 Å². The summed E-state index contributed by atoms with van der Waals surface area (Å²) >= 11 is 0. The number of aromatic nitrogens is 1. The van der Waals surface area contributed by atoms with Crippen LogP contribution in [0.1, 0.15) is 37.8 Å². The van der Waals surface area contributed by atoms with Crippen LogP contribution in [0.5, 0.6) is 0 Å². The van der Waals surface area contributed by atoms with Crippen molar-refractivity contribution < 1.29 is 18.8 Å². The Morgan fingerprint density at radius 2 is 2.22 bits per heavy atom. The molecule has 0 radical (unpaired) electrons. The molecular weight excluding hydrogens is 296 g/mol. The molecule has 1 saturated heterocycles. The normalized spacial score (nSPS) is 27.9. The molecule has 0 spiro atoms. The average molecular weight is 316 g/mol. The second-order valence-electron chi connectivity index (χ2n) is 6.53. The van der Waals surface area contributed by atoms with Crippen LogP contribution in [-0.4, -0.2) is 33.2 Å². The summed E-state index contributed by atoms with van der Waals surface area (Å²) in [5.74, 6) is 0.988. The van der Waals surface area contributed by atoms with Crippen molar-refractivity contribution in [2.75, 3.05) is 0 Å². The van der Waals surface area contributed by atoms with Crippen LogP contribution < -0.4 is 0 Å². The fourth-order valence-electron chi connectivity index (χ4n) is 4.13. The third-order valence-electron chi connectivity index (χ3n) is 5.17. The Hall–Kier alpha value is -2.08. The van der Waals surface area contributed by atoms with E-state index in [1.807, 2.05) is 12.1 Å². The molecule has 0 bridgehead atoms. The van der Waals surface area contributed by atoms with E-state index in [1.165, 1.54) is 12.8 Å². The van der Waals surface area contributed by atoms with Crippen molar-refractivity contribution in [1.82, 2.24) is 10.1 Å². The van der Waals surface area contributed by atoms with E-state index in [4.69, 9.17) is 8.94 Å². The summed E-state index contributed by atoms with van der Waals surface area (Å²) in [7, 11) is 0. The van der Waals surface area contributed by atoms with E-state index < -0.39 is 12.0 Å². The lowest BCUT2D eigenvalue weighted by Gasteiger charge is -2.32. The number of rotatable bonds is 4. The maximum Gasteiger partial charge on any atom is 0.320 e.